The summed E-state index contributed by atoms with van der Waals surface area (Å²) >= 11 is 0. The van der Waals surface area contributed by atoms with E-state index < -0.39 is 34.3 Å². The van der Waals surface area contributed by atoms with Crippen molar-refractivity contribution in [3.05, 3.63) is 0 Å². The maximum atomic E-state index is 12.5. The van der Waals surface area contributed by atoms with Crippen molar-refractivity contribution in [3.63, 3.8) is 0 Å². The Hall–Kier alpha value is -0.706. The molecule has 0 saturated heterocycles. The van der Waals surface area contributed by atoms with Crippen LogP contribution in [-0.2, 0) is 23.2 Å². The van der Waals surface area contributed by atoms with Gasteiger partial charge in [0.1, 0.15) is 6.10 Å². The molecular weight excluding hydrogens is 390 g/mol. The lowest BCUT2D eigenvalue weighted by Crippen LogP contribution is -2.57. The van der Waals surface area contributed by atoms with Gasteiger partial charge >= 0.3 is 5.97 Å². The summed E-state index contributed by atoms with van der Waals surface area (Å²) in [5.74, 6) is -0.484. The molecule has 6 nitrogen and oxygen atoms in total. The highest BCUT2D eigenvalue weighted by molar-refractivity contribution is 6.74. The molecule has 0 aromatic heterocycles. The molecule has 1 aliphatic heterocycles. The first-order valence-electron chi connectivity index (χ1n) is 10.1. The van der Waals surface area contributed by atoms with Crippen molar-refractivity contribution in [1.82, 2.24) is 0 Å². The fourth-order valence-electron chi connectivity index (χ4n) is 2.18. The summed E-state index contributed by atoms with van der Waals surface area (Å²) in [6, 6.07) is 0. The molecule has 0 N–H and O–H groups in total. The van der Waals surface area contributed by atoms with E-state index in [1.54, 1.807) is 6.92 Å². The second kappa shape index (κ2) is 8.20. The molecule has 0 bridgehead atoms. The molecule has 1 heterocycles. The summed E-state index contributed by atoms with van der Waals surface area (Å²) < 4.78 is 18.3. The normalized spacial score (nSPS) is 24.0. The van der Waals surface area contributed by atoms with Crippen LogP contribution in [0, 0.1) is 0 Å². The van der Waals surface area contributed by atoms with Crippen molar-refractivity contribution < 1.29 is 23.2 Å². The molecule has 0 aromatic rings. The van der Waals surface area contributed by atoms with Crippen molar-refractivity contribution >= 4 is 28.3 Å². The molecule has 0 saturated carbocycles. The van der Waals surface area contributed by atoms with E-state index in [4.69, 9.17) is 18.4 Å². The number of esters is 1. The zero-order valence-corrected chi connectivity index (χ0v) is 22.0. The summed E-state index contributed by atoms with van der Waals surface area (Å²) in [6.07, 6.45) is -0.614. The summed E-state index contributed by atoms with van der Waals surface area (Å²) in [7, 11) is -4.19. The van der Waals surface area contributed by atoms with E-state index in [0.717, 1.165) is 0 Å². The smallest absolute Gasteiger partial charge is 0.359 e. The Morgan fingerprint density at radius 2 is 1.57 bits per heavy atom. The predicted molar refractivity (Wildman–Crippen MR) is 119 cm³/mol. The van der Waals surface area contributed by atoms with E-state index >= 15 is 0 Å². The van der Waals surface area contributed by atoms with Crippen LogP contribution in [0.1, 0.15) is 55.4 Å². The summed E-state index contributed by atoms with van der Waals surface area (Å²) in [6.45, 7) is 26.1. The monoisotopic (exact) mass is 431 g/mol. The molecule has 28 heavy (non-hydrogen) atoms. The molecule has 8 heteroatoms. The van der Waals surface area contributed by atoms with Crippen LogP contribution in [0.2, 0.25) is 36.3 Å². The predicted octanol–water partition coefficient (Wildman–Crippen LogP) is 5.11. The summed E-state index contributed by atoms with van der Waals surface area (Å²) in [5.41, 5.74) is -0.666. The van der Waals surface area contributed by atoms with Crippen LogP contribution >= 0.6 is 0 Å². The van der Waals surface area contributed by atoms with Crippen molar-refractivity contribution in [2.45, 2.75) is 103 Å². The fourth-order valence-corrected chi connectivity index (χ4v) is 4.57. The van der Waals surface area contributed by atoms with Crippen molar-refractivity contribution in [2.24, 2.45) is 5.16 Å². The molecule has 0 aromatic carbocycles. The topological polar surface area (TPSA) is 66.4 Å². The average molecular weight is 432 g/mol. The first kappa shape index (κ1) is 25.3. The first-order chi connectivity index (χ1) is 12.4. The maximum absolute atomic E-state index is 12.5. The Morgan fingerprint density at radius 3 is 2.00 bits per heavy atom. The third-order valence-corrected chi connectivity index (χ3v) is 15.3. The molecule has 0 fully saturated rings. The largest absolute Gasteiger partial charge is 0.461 e. The minimum atomic E-state index is -2.19. The van der Waals surface area contributed by atoms with Crippen LogP contribution in [0.25, 0.3) is 0 Å². The van der Waals surface area contributed by atoms with Crippen LogP contribution in [0.4, 0.5) is 0 Å². The highest BCUT2D eigenvalue weighted by Crippen LogP contribution is 2.42. The van der Waals surface area contributed by atoms with Gasteiger partial charge < -0.3 is 18.4 Å². The molecule has 0 unspecified atom stereocenters. The Bertz CT molecular complexity index is 605. The molecule has 164 valence electrons. The minimum absolute atomic E-state index is 0.0173. The van der Waals surface area contributed by atoms with Gasteiger partial charge in [-0.2, -0.15) is 0 Å². The second-order valence-corrected chi connectivity index (χ2v) is 20.5. The van der Waals surface area contributed by atoms with E-state index in [1.165, 1.54) is 0 Å². The molecule has 0 aliphatic carbocycles. The summed E-state index contributed by atoms with van der Waals surface area (Å²) in [5, 5.41) is 4.15. The Balaban J connectivity index is 3.17. The van der Waals surface area contributed by atoms with E-state index in [9.17, 15) is 4.79 Å². The number of nitrogens with zero attached hydrogens (tertiary/aromatic N) is 1. The van der Waals surface area contributed by atoms with Crippen LogP contribution < -0.4 is 0 Å². The van der Waals surface area contributed by atoms with E-state index in [2.05, 4.69) is 72.9 Å². The molecule has 0 spiro atoms. The van der Waals surface area contributed by atoms with Crippen molar-refractivity contribution in [3.8, 4) is 0 Å². The van der Waals surface area contributed by atoms with Crippen LogP contribution in [0.5, 0.6) is 0 Å². The van der Waals surface area contributed by atoms with Crippen molar-refractivity contribution in [1.29, 1.82) is 0 Å². The Kier molecular flexibility index (Phi) is 7.42. The molecule has 1 rings (SSSR count). The third-order valence-electron chi connectivity index (χ3n) is 6.38. The highest BCUT2D eigenvalue weighted by Gasteiger charge is 2.54. The molecular formula is C20H41NO5Si2. The SMILES string of the molecule is CCOC(=O)C1=NO[C@@](C)(CO[Si](C)(C)C(C)(C)C)[C@@H]1O[Si](C)(C)C(C)(C)C. The Morgan fingerprint density at radius 1 is 1.07 bits per heavy atom. The molecule has 0 radical (unpaired) electrons. The maximum Gasteiger partial charge on any atom is 0.359 e. The first-order valence-corrected chi connectivity index (χ1v) is 15.9. The third kappa shape index (κ3) is 5.46. The van der Waals surface area contributed by atoms with Gasteiger partial charge in [0.2, 0.25) is 0 Å². The van der Waals surface area contributed by atoms with Crippen LogP contribution in [-0.4, -0.2) is 53.2 Å². The molecule has 1 aliphatic rings. The summed E-state index contributed by atoms with van der Waals surface area (Å²) in [4.78, 5) is 18.3. The molecule has 0 amide bonds. The van der Waals surface area contributed by atoms with E-state index in [1.807, 2.05) is 6.92 Å². The fraction of sp³-hybridized carbons (Fsp3) is 0.900. The van der Waals surface area contributed by atoms with Gasteiger partial charge in [0.05, 0.1) is 13.2 Å². The van der Waals surface area contributed by atoms with Gasteiger partial charge in [-0.3, -0.25) is 0 Å². The van der Waals surface area contributed by atoms with Gasteiger partial charge in [-0.1, -0.05) is 46.7 Å². The van der Waals surface area contributed by atoms with Gasteiger partial charge in [0.25, 0.3) is 0 Å². The quantitative estimate of drug-likeness (QED) is 0.414. The van der Waals surface area contributed by atoms with Crippen molar-refractivity contribution in [2.75, 3.05) is 13.2 Å². The second-order valence-electron chi connectivity index (χ2n) is 10.9. The number of ether oxygens (including phenoxy) is 1. The van der Waals surface area contributed by atoms with Gasteiger partial charge in [-0.05, 0) is 50.1 Å². The van der Waals surface area contributed by atoms with Gasteiger partial charge in [0, 0.05) is 0 Å². The van der Waals surface area contributed by atoms with E-state index in [0.29, 0.717) is 6.61 Å². The zero-order chi connectivity index (χ0) is 22.2. The highest BCUT2D eigenvalue weighted by atomic mass is 28.4. The van der Waals surface area contributed by atoms with E-state index in [-0.39, 0.29) is 22.4 Å². The average Bonchev–Trinajstić information content (AvgIpc) is 2.81. The zero-order valence-electron chi connectivity index (χ0n) is 20.0. The lowest BCUT2D eigenvalue weighted by molar-refractivity contribution is -0.135. The van der Waals surface area contributed by atoms with Gasteiger partial charge in [-0.25, -0.2) is 4.79 Å². The lowest BCUT2D eigenvalue weighted by atomic mass is 9.97. The number of carbonyl (C=O) groups excluding carboxylic acids is 1. The van der Waals surface area contributed by atoms with Crippen LogP contribution in [0.15, 0.2) is 5.16 Å². The number of hydrogen-bond donors (Lipinski definition) is 0. The van der Waals surface area contributed by atoms with Crippen LogP contribution in [0.3, 0.4) is 0 Å². The number of rotatable bonds is 7. The number of hydrogen-bond acceptors (Lipinski definition) is 6. The lowest BCUT2D eigenvalue weighted by Gasteiger charge is -2.43. The number of oxime groups is 1. The molecule has 2 atom stereocenters. The Labute approximate surface area is 173 Å². The van der Waals surface area contributed by atoms with Gasteiger partial charge in [-0.15, -0.1) is 0 Å². The minimum Gasteiger partial charge on any atom is -0.461 e. The number of carbonyl (C=O) groups is 1. The van der Waals surface area contributed by atoms with Gasteiger partial charge in [0.15, 0.2) is 27.9 Å². The standard InChI is InChI=1S/C20H41NO5Si2/c1-13-23-17(22)15-16(25-28(11,12)19(5,6)7)20(8,26-21-15)14-24-27(9,10)18(2,3)4/h16H,13-14H2,1-12H3/t16-,20+/m1/s1.